The Kier molecular flexibility index (Phi) is 4.82. The van der Waals surface area contributed by atoms with Crippen LogP contribution in [0.15, 0.2) is 42.5 Å². The van der Waals surface area contributed by atoms with Gasteiger partial charge in [-0.05, 0) is 36.4 Å². The summed E-state index contributed by atoms with van der Waals surface area (Å²) >= 11 is 6.88. The number of ether oxygens (including phenoxy) is 1. The van der Waals surface area contributed by atoms with Gasteiger partial charge in [0.1, 0.15) is 5.75 Å². The van der Waals surface area contributed by atoms with Crippen molar-refractivity contribution in [1.29, 1.82) is 0 Å². The molecule has 3 aromatic rings. The Morgan fingerprint density at radius 1 is 1.22 bits per heavy atom. The number of aliphatic hydroxyl groups excluding tert-OH is 2. The third kappa shape index (κ3) is 3.30. The van der Waals surface area contributed by atoms with Crippen LogP contribution >= 0.6 is 22.9 Å². The molecule has 0 fully saturated rings. The number of hydrogen-bond acceptors (Lipinski definition) is 5. The molecule has 0 bridgehead atoms. The fourth-order valence-corrected chi connectivity index (χ4v) is 4.48. The first-order valence-electron chi connectivity index (χ1n) is 8.59. The predicted octanol–water partition coefficient (Wildman–Crippen LogP) is 4.05. The van der Waals surface area contributed by atoms with E-state index in [1.54, 1.807) is 24.0 Å². The molecule has 0 spiro atoms. The number of benzene rings is 2. The van der Waals surface area contributed by atoms with Crippen molar-refractivity contribution in [2.24, 2.45) is 0 Å². The maximum absolute atomic E-state index is 13.0. The molecule has 2 unspecified atom stereocenters. The van der Waals surface area contributed by atoms with E-state index >= 15 is 0 Å². The van der Waals surface area contributed by atoms with E-state index < -0.39 is 11.9 Å². The smallest absolute Gasteiger partial charge is 0.268 e. The van der Waals surface area contributed by atoms with Gasteiger partial charge in [-0.1, -0.05) is 35.9 Å². The lowest BCUT2D eigenvalue weighted by molar-refractivity contribution is 0.000909. The second kappa shape index (κ2) is 7.13. The van der Waals surface area contributed by atoms with Crippen LogP contribution in [0.1, 0.15) is 32.6 Å². The van der Waals surface area contributed by atoms with Crippen molar-refractivity contribution in [3.05, 3.63) is 57.8 Å². The number of hydrogen-bond donors (Lipinski definition) is 2. The second-order valence-corrected chi connectivity index (χ2v) is 7.91. The summed E-state index contributed by atoms with van der Waals surface area (Å²) in [5, 5.41) is 21.1. The summed E-state index contributed by atoms with van der Waals surface area (Å²) in [7, 11) is 0. The Morgan fingerprint density at radius 2 is 1.96 bits per heavy atom. The summed E-state index contributed by atoms with van der Waals surface area (Å²) < 4.78 is 5.59. The molecule has 2 N–H and O–H groups in total. The molecule has 0 saturated carbocycles. The lowest BCUT2D eigenvalue weighted by Gasteiger charge is -2.19. The molecule has 4 rings (SSSR count). The van der Waals surface area contributed by atoms with Gasteiger partial charge in [-0.3, -0.25) is 4.79 Å². The van der Waals surface area contributed by atoms with Crippen molar-refractivity contribution >= 4 is 45.3 Å². The van der Waals surface area contributed by atoms with Crippen molar-refractivity contribution in [3.63, 3.8) is 0 Å². The number of anilines is 1. The number of nitrogens with zero attached hydrogens (tertiary/aromatic N) is 1. The molecule has 2 heterocycles. The van der Waals surface area contributed by atoms with Crippen LogP contribution in [-0.4, -0.2) is 29.0 Å². The van der Waals surface area contributed by atoms with Crippen LogP contribution in [0.4, 0.5) is 5.69 Å². The first-order valence-corrected chi connectivity index (χ1v) is 9.84. The monoisotopic (exact) mass is 403 g/mol. The zero-order valence-corrected chi connectivity index (χ0v) is 16.1. The van der Waals surface area contributed by atoms with Gasteiger partial charge in [0.25, 0.3) is 5.91 Å². The van der Waals surface area contributed by atoms with Crippen LogP contribution in [0.5, 0.6) is 5.75 Å². The average Bonchev–Trinajstić information content (AvgIpc) is 3.28. The number of aliphatic hydroxyl groups is 2. The number of thiophene rings is 1. The van der Waals surface area contributed by atoms with Crippen LogP contribution in [0.2, 0.25) is 0 Å². The Balaban J connectivity index is 1.78. The first kappa shape index (κ1) is 18.3. The molecule has 7 heteroatoms. The third-order valence-corrected chi connectivity index (χ3v) is 6.08. The zero-order chi connectivity index (χ0) is 19.1. The van der Waals surface area contributed by atoms with Gasteiger partial charge in [-0.25, -0.2) is 0 Å². The Morgan fingerprint density at radius 3 is 2.63 bits per heavy atom. The Bertz CT molecular complexity index is 1010. The molecule has 0 radical (unpaired) electrons. The first-order chi connectivity index (χ1) is 13.0. The molecule has 1 aliphatic rings. The molecule has 1 aromatic heterocycles. The summed E-state index contributed by atoms with van der Waals surface area (Å²) in [4.78, 5) is 15.8. The number of halogens is 1. The predicted molar refractivity (Wildman–Crippen MR) is 107 cm³/mol. The fraction of sp³-hybridized carbons (Fsp3) is 0.250. The molecule has 1 aliphatic heterocycles. The lowest BCUT2D eigenvalue weighted by atomic mass is 10.0. The largest absolute Gasteiger partial charge is 0.465 e. The average molecular weight is 404 g/mol. The molecular weight excluding hydrogens is 386 g/mol. The highest BCUT2D eigenvalue weighted by molar-refractivity contribution is 7.14. The van der Waals surface area contributed by atoms with Crippen molar-refractivity contribution in [1.82, 2.24) is 0 Å². The quantitative estimate of drug-likeness (QED) is 0.509. The van der Waals surface area contributed by atoms with E-state index in [1.807, 2.05) is 30.3 Å². The maximum atomic E-state index is 13.0. The third-order valence-electron chi connectivity index (χ3n) is 4.59. The number of alkyl halides is 1. The molecule has 0 saturated heterocycles. The number of amides is 1. The lowest BCUT2D eigenvalue weighted by Crippen LogP contribution is -2.28. The summed E-state index contributed by atoms with van der Waals surface area (Å²) in [5.74, 6) is 0.405. The second-order valence-electron chi connectivity index (χ2n) is 6.38. The van der Waals surface area contributed by atoms with Gasteiger partial charge in [0.2, 0.25) is 0 Å². The van der Waals surface area contributed by atoms with E-state index in [4.69, 9.17) is 16.3 Å². The van der Waals surface area contributed by atoms with Gasteiger partial charge < -0.3 is 19.8 Å². The summed E-state index contributed by atoms with van der Waals surface area (Å²) in [6, 6.07) is 13.0. The van der Waals surface area contributed by atoms with Gasteiger partial charge in [0, 0.05) is 22.9 Å². The van der Waals surface area contributed by atoms with E-state index in [0.29, 0.717) is 22.0 Å². The SMILES string of the molecule is CC(O)Oc1cc2c(c3ccccc13)CCN2C(=O)c1ccc(C(O)Cl)s1. The molecule has 27 heavy (non-hydrogen) atoms. The molecule has 2 atom stereocenters. The van der Waals surface area contributed by atoms with Crippen LogP contribution in [0.3, 0.4) is 0 Å². The minimum absolute atomic E-state index is 0.138. The number of carbonyl (C=O) groups excluding carboxylic acids is 1. The number of rotatable bonds is 4. The molecule has 140 valence electrons. The van der Waals surface area contributed by atoms with E-state index in [1.165, 1.54) is 11.3 Å². The van der Waals surface area contributed by atoms with E-state index in [9.17, 15) is 15.0 Å². The van der Waals surface area contributed by atoms with Gasteiger partial charge in [0.15, 0.2) is 11.9 Å². The topological polar surface area (TPSA) is 70.0 Å². The van der Waals surface area contributed by atoms with Crippen molar-refractivity contribution in [2.45, 2.75) is 25.2 Å². The van der Waals surface area contributed by atoms with Crippen LogP contribution < -0.4 is 9.64 Å². The minimum atomic E-state index is -1.11. The van der Waals surface area contributed by atoms with Crippen LogP contribution in [0.25, 0.3) is 10.8 Å². The zero-order valence-electron chi connectivity index (χ0n) is 14.6. The molecule has 5 nitrogen and oxygen atoms in total. The van der Waals surface area contributed by atoms with Gasteiger partial charge in [0.05, 0.1) is 10.6 Å². The fourth-order valence-electron chi connectivity index (χ4n) is 3.46. The van der Waals surface area contributed by atoms with E-state index in [2.05, 4.69) is 0 Å². The normalized spacial score (nSPS) is 15.6. The maximum Gasteiger partial charge on any atom is 0.268 e. The Hall–Kier alpha value is -2.12. The molecular formula is C20H18ClNO4S. The molecule has 0 aliphatic carbocycles. The van der Waals surface area contributed by atoms with E-state index in [-0.39, 0.29) is 5.91 Å². The molecule has 1 amide bonds. The summed E-state index contributed by atoms with van der Waals surface area (Å²) in [6.45, 7) is 2.11. The number of carbonyl (C=O) groups is 1. The van der Waals surface area contributed by atoms with Gasteiger partial charge in [-0.2, -0.15) is 0 Å². The van der Waals surface area contributed by atoms with Gasteiger partial charge >= 0.3 is 0 Å². The van der Waals surface area contributed by atoms with Crippen molar-refractivity contribution in [2.75, 3.05) is 11.4 Å². The summed E-state index contributed by atoms with van der Waals surface area (Å²) in [6.07, 6.45) is -0.213. The van der Waals surface area contributed by atoms with Crippen molar-refractivity contribution < 1.29 is 19.7 Å². The highest BCUT2D eigenvalue weighted by atomic mass is 35.5. The van der Waals surface area contributed by atoms with Crippen LogP contribution in [0, 0.1) is 0 Å². The highest BCUT2D eigenvalue weighted by Gasteiger charge is 2.29. The minimum Gasteiger partial charge on any atom is -0.465 e. The van der Waals surface area contributed by atoms with Crippen molar-refractivity contribution in [3.8, 4) is 5.75 Å². The van der Waals surface area contributed by atoms with Gasteiger partial charge in [-0.15, -0.1) is 11.3 Å². The number of fused-ring (bicyclic) bond motifs is 3. The molecule has 2 aromatic carbocycles. The summed E-state index contributed by atoms with van der Waals surface area (Å²) in [5.41, 5.74) is 0.763. The highest BCUT2D eigenvalue weighted by Crippen LogP contribution is 2.41. The standard InChI is InChI=1S/C20H18ClNO4S/c1-11(23)26-16-10-15-13(12-4-2-3-5-14(12)16)8-9-22(15)20(25)18-7-6-17(27-18)19(21)24/h2-7,10-11,19,23-24H,8-9H2,1H3. The van der Waals surface area contributed by atoms with E-state index in [0.717, 1.165) is 28.4 Å². The Labute approximate surface area is 165 Å². The van der Waals surface area contributed by atoms with Crippen LogP contribution in [-0.2, 0) is 6.42 Å².